The average Bonchev–Trinajstić information content (AvgIpc) is 2.73. The van der Waals surface area contributed by atoms with E-state index in [1.165, 1.54) is 0 Å². The number of anilines is 1. The molecule has 1 amide bonds. The Morgan fingerprint density at radius 2 is 1.70 bits per heavy atom. The number of rotatable bonds is 6. The van der Waals surface area contributed by atoms with Gasteiger partial charge in [0.1, 0.15) is 0 Å². The largest absolute Gasteiger partial charge is 0.332 e. The third kappa shape index (κ3) is 6.10. The Balaban J connectivity index is 1.51. The molecule has 0 bridgehead atoms. The highest BCUT2D eigenvalue weighted by molar-refractivity contribution is 7.89. The number of amides is 1. The fraction of sp³-hybridized carbons (Fsp3) is 0.364. The highest BCUT2D eigenvalue weighted by Gasteiger charge is 2.27. The summed E-state index contributed by atoms with van der Waals surface area (Å²) in [5.41, 5.74) is 1.71. The summed E-state index contributed by atoms with van der Waals surface area (Å²) in [5.74, 6) is 0.391. The van der Waals surface area contributed by atoms with Gasteiger partial charge in [0, 0.05) is 25.2 Å². The Morgan fingerprint density at radius 3 is 2.33 bits per heavy atom. The van der Waals surface area contributed by atoms with Crippen LogP contribution in [0.25, 0.3) is 0 Å². The van der Waals surface area contributed by atoms with E-state index < -0.39 is 10.0 Å². The van der Waals surface area contributed by atoms with E-state index in [0.29, 0.717) is 37.5 Å². The molecule has 1 aliphatic rings. The van der Waals surface area contributed by atoms with Crippen LogP contribution in [0.5, 0.6) is 0 Å². The van der Waals surface area contributed by atoms with Gasteiger partial charge in [-0.2, -0.15) is 4.31 Å². The van der Waals surface area contributed by atoms with Gasteiger partial charge in [0.05, 0.1) is 4.90 Å². The zero-order chi connectivity index (χ0) is 21.6. The number of piperidine rings is 1. The number of benzene rings is 2. The quantitative estimate of drug-likeness (QED) is 0.665. The van der Waals surface area contributed by atoms with Crippen LogP contribution < -0.4 is 10.6 Å². The summed E-state index contributed by atoms with van der Waals surface area (Å²) in [6.07, 6.45) is 2.74. The molecule has 1 fully saturated rings. The van der Waals surface area contributed by atoms with E-state index in [2.05, 4.69) is 17.6 Å². The van der Waals surface area contributed by atoms with Crippen LogP contribution in [0, 0.1) is 5.92 Å². The summed E-state index contributed by atoms with van der Waals surface area (Å²) in [5, 5.41) is 5.77. The lowest BCUT2D eigenvalue weighted by Crippen LogP contribution is -2.37. The van der Waals surface area contributed by atoms with E-state index in [9.17, 15) is 13.2 Å². The number of hydrogen-bond donors (Lipinski definition) is 2. The van der Waals surface area contributed by atoms with E-state index in [1.54, 1.807) is 28.6 Å². The SMILES string of the molecule is CC1CCN(S(=O)(=O)c2ccc(NC(=S)NC(=O)CCc3ccccc3)cc2)CC1. The summed E-state index contributed by atoms with van der Waals surface area (Å²) in [6, 6.07) is 16.2. The predicted octanol–water partition coefficient (Wildman–Crippen LogP) is 3.55. The Morgan fingerprint density at radius 1 is 1.07 bits per heavy atom. The molecule has 1 aliphatic heterocycles. The topological polar surface area (TPSA) is 78.5 Å². The monoisotopic (exact) mass is 445 g/mol. The minimum atomic E-state index is -3.48. The molecule has 1 heterocycles. The number of hydrogen-bond acceptors (Lipinski definition) is 4. The number of thiocarbonyl (C=S) groups is 1. The third-order valence-electron chi connectivity index (χ3n) is 5.23. The molecule has 0 atom stereocenters. The molecule has 0 saturated carbocycles. The van der Waals surface area contributed by atoms with Gasteiger partial charge in [-0.3, -0.25) is 4.79 Å². The maximum atomic E-state index is 12.8. The molecule has 0 aromatic heterocycles. The highest BCUT2D eigenvalue weighted by atomic mass is 32.2. The van der Waals surface area contributed by atoms with Crippen LogP contribution in [0.15, 0.2) is 59.5 Å². The van der Waals surface area contributed by atoms with Gasteiger partial charge >= 0.3 is 0 Å². The number of aryl methyl sites for hydroxylation is 1. The first-order valence-corrected chi connectivity index (χ1v) is 11.9. The van der Waals surface area contributed by atoms with Crippen LogP contribution in [0.1, 0.15) is 31.7 Å². The molecule has 2 aromatic rings. The van der Waals surface area contributed by atoms with E-state index in [0.717, 1.165) is 18.4 Å². The Labute approximate surface area is 183 Å². The lowest BCUT2D eigenvalue weighted by atomic mass is 10.0. The summed E-state index contributed by atoms with van der Waals surface area (Å²) in [7, 11) is -3.48. The number of nitrogens with zero attached hydrogens (tertiary/aromatic N) is 1. The van der Waals surface area contributed by atoms with Crippen molar-refractivity contribution in [1.82, 2.24) is 9.62 Å². The predicted molar refractivity (Wildman–Crippen MR) is 123 cm³/mol. The highest BCUT2D eigenvalue weighted by Crippen LogP contribution is 2.24. The van der Waals surface area contributed by atoms with Gasteiger partial charge < -0.3 is 10.6 Å². The molecule has 3 rings (SSSR count). The van der Waals surface area contributed by atoms with Crippen molar-refractivity contribution in [3.05, 3.63) is 60.2 Å². The van der Waals surface area contributed by atoms with Crippen LogP contribution >= 0.6 is 12.2 Å². The molecule has 0 unspecified atom stereocenters. The second kappa shape index (κ2) is 10.1. The average molecular weight is 446 g/mol. The number of carbonyl (C=O) groups excluding carboxylic acids is 1. The molecular weight excluding hydrogens is 418 g/mol. The van der Waals surface area contributed by atoms with Gasteiger partial charge in [-0.15, -0.1) is 0 Å². The van der Waals surface area contributed by atoms with Crippen molar-refractivity contribution in [3.63, 3.8) is 0 Å². The Kier molecular flexibility index (Phi) is 7.58. The molecule has 30 heavy (non-hydrogen) atoms. The third-order valence-corrected chi connectivity index (χ3v) is 7.35. The van der Waals surface area contributed by atoms with Gasteiger partial charge in [0.2, 0.25) is 15.9 Å². The lowest BCUT2D eigenvalue weighted by molar-refractivity contribution is -0.119. The molecule has 2 aromatic carbocycles. The fourth-order valence-corrected chi connectivity index (χ4v) is 5.04. The molecule has 160 valence electrons. The van der Waals surface area contributed by atoms with Crippen LogP contribution in [-0.4, -0.2) is 36.8 Å². The summed E-state index contributed by atoms with van der Waals surface area (Å²) < 4.78 is 27.1. The van der Waals surface area contributed by atoms with Crippen molar-refractivity contribution in [1.29, 1.82) is 0 Å². The first-order valence-electron chi connectivity index (χ1n) is 10.1. The summed E-state index contributed by atoms with van der Waals surface area (Å²) >= 11 is 5.19. The van der Waals surface area contributed by atoms with Crippen molar-refractivity contribution in [2.45, 2.75) is 37.5 Å². The zero-order valence-electron chi connectivity index (χ0n) is 17.0. The maximum Gasteiger partial charge on any atom is 0.243 e. The molecule has 0 radical (unpaired) electrons. The Hall–Kier alpha value is -2.29. The van der Waals surface area contributed by atoms with Crippen molar-refractivity contribution >= 4 is 38.9 Å². The van der Waals surface area contributed by atoms with Crippen molar-refractivity contribution < 1.29 is 13.2 Å². The first kappa shape index (κ1) is 22.4. The van der Waals surface area contributed by atoms with Gasteiger partial charge in [0.15, 0.2) is 5.11 Å². The van der Waals surface area contributed by atoms with Crippen molar-refractivity contribution in [3.8, 4) is 0 Å². The zero-order valence-corrected chi connectivity index (χ0v) is 18.6. The molecule has 1 saturated heterocycles. The van der Waals surface area contributed by atoms with Crippen LogP contribution in [0.4, 0.5) is 5.69 Å². The van der Waals surface area contributed by atoms with Gasteiger partial charge in [-0.1, -0.05) is 37.3 Å². The number of carbonyl (C=O) groups is 1. The molecule has 2 N–H and O–H groups in total. The second-order valence-corrected chi connectivity index (χ2v) is 9.95. The molecule has 8 heteroatoms. The smallest absolute Gasteiger partial charge is 0.243 e. The van der Waals surface area contributed by atoms with Crippen molar-refractivity contribution in [2.24, 2.45) is 5.92 Å². The Bertz CT molecular complexity index is 968. The van der Waals surface area contributed by atoms with E-state index in [1.807, 2.05) is 30.3 Å². The number of nitrogens with one attached hydrogen (secondary N) is 2. The van der Waals surface area contributed by atoms with E-state index in [-0.39, 0.29) is 15.9 Å². The molecule has 0 aliphatic carbocycles. The van der Waals surface area contributed by atoms with Crippen molar-refractivity contribution in [2.75, 3.05) is 18.4 Å². The van der Waals surface area contributed by atoms with E-state index >= 15 is 0 Å². The number of sulfonamides is 1. The van der Waals surface area contributed by atoms with Gasteiger partial charge in [0.25, 0.3) is 0 Å². The second-order valence-electron chi connectivity index (χ2n) is 7.60. The summed E-state index contributed by atoms with van der Waals surface area (Å²) in [6.45, 7) is 3.26. The molecule has 6 nitrogen and oxygen atoms in total. The van der Waals surface area contributed by atoms with Gasteiger partial charge in [-0.05, 0) is 67.2 Å². The maximum absolute atomic E-state index is 12.8. The molecular formula is C22H27N3O3S2. The first-order chi connectivity index (χ1) is 14.3. The van der Waals surface area contributed by atoms with Gasteiger partial charge in [-0.25, -0.2) is 8.42 Å². The van der Waals surface area contributed by atoms with E-state index in [4.69, 9.17) is 12.2 Å². The lowest BCUT2D eigenvalue weighted by Gasteiger charge is -2.29. The normalized spacial score (nSPS) is 15.5. The standard InChI is InChI=1S/C22H27N3O3S2/c1-17-13-15-25(16-14-17)30(27,28)20-10-8-19(9-11-20)23-22(29)24-21(26)12-7-18-5-3-2-4-6-18/h2-6,8-11,17H,7,12-16H2,1H3,(H2,23,24,26,29). The fourth-order valence-electron chi connectivity index (χ4n) is 3.34. The minimum absolute atomic E-state index is 0.171. The van der Waals surface area contributed by atoms with Crippen LogP contribution in [-0.2, 0) is 21.2 Å². The summed E-state index contributed by atoms with van der Waals surface area (Å²) in [4.78, 5) is 12.3. The van der Waals surface area contributed by atoms with Crippen LogP contribution in [0.2, 0.25) is 0 Å². The molecule has 0 spiro atoms. The van der Waals surface area contributed by atoms with Crippen LogP contribution in [0.3, 0.4) is 0 Å². The minimum Gasteiger partial charge on any atom is -0.332 e.